The van der Waals surface area contributed by atoms with E-state index in [9.17, 15) is 4.79 Å². The summed E-state index contributed by atoms with van der Waals surface area (Å²) in [5.74, 6) is 0.326. The SMILES string of the molecule is COc1cnn(CCN(C)C)c1C(=O)c1ccoc1. The van der Waals surface area contributed by atoms with E-state index in [0.29, 0.717) is 23.6 Å². The number of rotatable bonds is 6. The molecule has 0 saturated carbocycles. The molecule has 0 spiro atoms. The Morgan fingerprint density at radius 1 is 1.53 bits per heavy atom. The summed E-state index contributed by atoms with van der Waals surface area (Å²) in [5, 5.41) is 4.20. The van der Waals surface area contributed by atoms with Crippen LogP contribution in [0.3, 0.4) is 0 Å². The van der Waals surface area contributed by atoms with Gasteiger partial charge in [0.15, 0.2) is 11.4 Å². The van der Waals surface area contributed by atoms with Crippen LogP contribution in [0.15, 0.2) is 29.2 Å². The van der Waals surface area contributed by atoms with E-state index >= 15 is 0 Å². The van der Waals surface area contributed by atoms with E-state index in [0.717, 1.165) is 6.54 Å². The van der Waals surface area contributed by atoms with Gasteiger partial charge in [0.25, 0.3) is 0 Å². The van der Waals surface area contributed by atoms with Crippen LogP contribution in [0.2, 0.25) is 0 Å². The summed E-state index contributed by atoms with van der Waals surface area (Å²) in [6, 6.07) is 1.63. The number of hydrogen-bond acceptors (Lipinski definition) is 5. The first kappa shape index (κ1) is 13.4. The summed E-state index contributed by atoms with van der Waals surface area (Å²) in [6.45, 7) is 1.41. The summed E-state index contributed by atoms with van der Waals surface area (Å²) in [6.07, 6.45) is 4.45. The predicted molar refractivity (Wildman–Crippen MR) is 69.5 cm³/mol. The predicted octanol–water partition coefficient (Wildman–Crippen LogP) is 1.28. The summed E-state index contributed by atoms with van der Waals surface area (Å²) in [4.78, 5) is 14.4. The van der Waals surface area contributed by atoms with E-state index in [1.165, 1.54) is 19.6 Å². The third kappa shape index (κ3) is 2.85. The van der Waals surface area contributed by atoms with Gasteiger partial charge in [0.05, 0.1) is 31.7 Å². The van der Waals surface area contributed by atoms with Gasteiger partial charge in [-0.2, -0.15) is 5.10 Å². The molecule has 2 heterocycles. The fourth-order valence-electron chi connectivity index (χ4n) is 1.74. The molecule has 19 heavy (non-hydrogen) atoms. The molecule has 0 unspecified atom stereocenters. The molecule has 102 valence electrons. The number of ether oxygens (including phenoxy) is 1. The Morgan fingerprint density at radius 3 is 2.89 bits per heavy atom. The zero-order valence-corrected chi connectivity index (χ0v) is 11.3. The number of carbonyl (C=O) groups is 1. The van der Waals surface area contributed by atoms with Crippen molar-refractivity contribution in [3.05, 3.63) is 36.0 Å². The van der Waals surface area contributed by atoms with Crippen LogP contribution in [0.25, 0.3) is 0 Å². The maximum atomic E-state index is 12.4. The van der Waals surface area contributed by atoms with E-state index in [-0.39, 0.29) is 5.78 Å². The van der Waals surface area contributed by atoms with E-state index in [1.807, 2.05) is 19.0 Å². The van der Waals surface area contributed by atoms with Gasteiger partial charge >= 0.3 is 0 Å². The van der Waals surface area contributed by atoms with Gasteiger partial charge in [0.2, 0.25) is 5.78 Å². The lowest BCUT2D eigenvalue weighted by Crippen LogP contribution is -2.21. The van der Waals surface area contributed by atoms with E-state index in [1.54, 1.807) is 16.9 Å². The molecule has 0 bridgehead atoms. The van der Waals surface area contributed by atoms with Gasteiger partial charge in [-0.15, -0.1) is 0 Å². The van der Waals surface area contributed by atoms with Gasteiger partial charge < -0.3 is 14.1 Å². The smallest absolute Gasteiger partial charge is 0.218 e. The second-order valence-electron chi connectivity index (χ2n) is 4.43. The Balaban J connectivity index is 2.31. The largest absolute Gasteiger partial charge is 0.493 e. The lowest BCUT2D eigenvalue weighted by molar-refractivity contribution is 0.102. The van der Waals surface area contributed by atoms with E-state index in [4.69, 9.17) is 9.15 Å². The van der Waals surface area contributed by atoms with Crippen molar-refractivity contribution in [2.45, 2.75) is 6.54 Å². The highest BCUT2D eigenvalue weighted by molar-refractivity contribution is 6.09. The van der Waals surface area contributed by atoms with Crippen LogP contribution in [0, 0.1) is 0 Å². The minimum Gasteiger partial charge on any atom is -0.493 e. The van der Waals surface area contributed by atoms with Crippen LogP contribution in [-0.2, 0) is 6.54 Å². The van der Waals surface area contributed by atoms with Crippen molar-refractivity contribution in [3.8, 4) is 5.75 Å². The van der Waals surface area contributed by atoms with Crippen molar-refractivity contribution < 1.29 is 13.9 Å². The molecule has 0 atom stereocenters. The lowest BCUT2D eigenvalue weighted by Gasteiger charge is -2.11. The number of furan rings is 1. The van der Waals surface area contributed by atoms with Gasteiger partial charge in [0, 0.05) is 6.54 Å². The molecule has 2 rings (SSSR count). The van der Waals surface area contributed by atoms with Gasteiger partial charge in [0.1, 0.15) is 6.26 Å². The fraction of sp³-hybridized carbons (Fsp3) is 0.385. The number of hydrogen-bond donors (Lipinski definition) is 0. The molecule has 6 nitrogen and oxygen atoms in total. The summed E-state index contributed by atoms with van der Waals surface area (Å²) >= 11 is 0. The fourth-order valence-corrected chi connectivity index (χ4v) is 1.74. The standard InChI is InChI=1S/C13H17N3O3/c1-15(2)5-6-16-12(11(18-3)8-14-16)13(17)10-4-7-19-9-10/h4,7-9H,5-6H2,1-3H3. The van der Waals surface area contributed by atoms with Crippen molar-refractivity contribution in [1.82, 2.24) is 14.7 Å². The molecule has 0 fully saturated rings. The molecule has 6 heteroatoms. The van der Waals surface area contributed by atoms with Crippen LogP contribution < -0.4 is 4.74 Å². The molecule has 0 aliphatic heterocycles. The van der Waals surface area contributed by atoms with Crippen molar-refractivity contribution >= 4 is 5.78 Å². The zero-order valence-electron chi connectivity index (χ0n) is 11.3. The maximum absolute atomic E-state index is 12.4. The van der Waals surface area contributed by atoms with Gasteiger partial charge in [-0.05, 0) is 20.2 Å². The zero-order chi connectivity index (χ0) is 13.8. The van der Waals surface area contributed by atoms with Gasteiger partial charge in [-0.25, -0.2) is 0 Å². The summed E-state index contributed by atoms with van der Waals surface area (Å²) in [7, 11) is 5.47. The van der Waals surface area contributed by atoms with Crippen LogP contribution >= 0.6 is 0 Å². The first-order valence-corrected chi connectivity index (χ1v) is 5.95. The van der Waals surface area contributed by atoms with Crippen LogP contribution in [0.5, 0.6) is 5.75 Å². The Morgan fingerprint density at radius 2 is 2.32 bits per heavy atom. The summed E-state index contributed by atoms with van der Waals surface area (Å²) in [5.41, 5.74) is 0.940. The first-order chi connectivity index (χ1) is 9.13. The number of methoxy groups -OCH3 is 1. The first-order valence-electron chi connectivity index (χ1n) is 5.95. The van der Waals surface area contributed by atoms with Crippen molar-refractivity contribution in [2.24, 2.45) is 0 Å². The molecule has 0 aromatic carbocycles. The second kappa shape index (κ2) is 5.71. The molecule has 0 aliphatic carbocycles. The van der Waals surface area contributed by atoms with Crippen LogP contribution in [-0.4, -0.2) is 48.2 Å². The van der Waals surface area contributed by atoms with Crippen LogP contribution in [0.1, 0.15) is 16.1 Å². The molecule has 0 amide bonds. The van der Waals surface area contributed by atoms with Gasteiger partial charge in [-0.1, -0.05) is 0 Å². The van der Waals surface area contributed by atoms with Crippen molar-refractivity contribution in [3.63, 3.8) is 0 Å². The Bertz CT molecular complexity index is 543. The lowest BCUT2D eigenvalue weighted by atomic mass is 10.1. The summed E-state index contributed by atoms with van der Waals surface area (Å²) < 4.78 is 11.8. The molecule has 0 radical (unpaired) electrons. The van der Waals surface area contributed by atoms with Gasteiger partial charge in [-0.3, -0.25) is 9.48 Å². The molecule has 0 aliphatic rings. The highest BCUT2D eigenvalue weighted by Gasteiger charge is 2.21. The minimum absolute atomic E-state index is 0.151. The number of nitrogens with zero attached hydrogens (tertiary/aromatic N) is 3. The highest BCUT2D eigenvalue weighted by atomic mass is 16.5. The topological polar surface area (TPSA) is 60.5 Å². The average molecular weight is 263 g/mol. The normalized spacial score (nSPS) is 10.9. The number of carbonyl (C=O) groups excluding carboxylic acids is 1. The Hall–Kier alpha value is -2.08. The van der Waals surface area contributed by atoms with Crippen LogP contribution in [0.4, 0.5) is 0 Å². The third-order valence-electron chi connectivity index (χ3n) is 2.78. The molecule has 2 aromatic rings. The van der Waals surface area contributed by atoms with Crippen molar-refractivity contribution in [2.75, 3.05) is 27.7 Å². The van der Waals surface area contributed by atoms with Crippen molar-refractivity contribution in [1.29, 1.82) is 0 Å². The van der Waals surface area contributed by atoms with E-state index < -0.39 is 0 Å². The number of likely N-dealkylation sites (N-methyl/N-ethyl adjacent to an activating group) is 1. The maximum Gasteiger partial charge on any atom is 0.218 e. The number of aromatic nitrogens is 2. The average Bonchev–Trinajstić information content (AvgIpc) is 3.04. The molecule has 2 aromatic heterocycles. The molecular formula is C13H17N3O3. The van der Waals surface area contributed by atoms with E-state index in [2.05, 4.69) is 5.10 Å². The highest BCUT2D eigenvalue weighted by Crippen LogP contribution is 2.21. The minimum atomic E-state index is -0.151. The quantitative estimate of drug-likeness (QED) is 0.735. The monoisotopic (exact) mass is 263 g/mol. The molecule has 0 saturated heterocycles. The Labute approximate surface area is 111 Å². The Kier molecular flexibility index (Phi) is 4.01. The third-order valence-corrected chi connectivity index (χ3v) is 2.78. The second-order valence-corrected chi connectivity index (χ2v) is 4.43. The molecule has 0 N–H and O–H groups in total. The molecular weight excluding hydrogens is 246 g/mol. The number of ketones is 1.